The molecule has 2 rings (SSSR count). The number of aliphatic hydroxyl groups excluding tert-OH is 1. The van der Waals surface area contributed by atoms with Crippen molar-refractivity contribution in [1.29, 1.82) is 0 Å². The maximum absolute atomic E-state index is 10.4. The van der Waals surface area contributed by atoms with Gasteiger partial charge in [0.25, 0.3) is 0 Å². The van der Waals surface area contributed by atoms with E-state index in [-0.39, 0.29) is 6.10 Å². The van der Waals surface area contributed by atoms with Crippen LogP contribution in [0.15, 0.2) is 0 Å². The van der Waals surface area contributed by atoms with Gasteiger partial charge in [-0.25, -0.2) is 0 Å². The van der Waals surface area contributed by atoms with E-state index < -0.39 is 0 Å². The smallest absolute Gasteiger partial charge is 0.0604 e. The van der Waals surface area contributed by atoms with E-state index in [2.05, 4.69) is 6.92 Å². The summed E-state index contributed by atoms with van der Waals surface area (Å²) in [6.07, 6.45) is 34.5. The summed E-state index contributed by atoms with van der Waals surface area (Å²) in [4.78, 5) is 0. The first kappa shape index (κ1) is 29.2. The summed E-state index contributed by atoms with van der Waals surface area (Å²) in [6, 6.07) is 0. The first-order valence-corrected chi connectivity index (χ1v) is 15.6. The van der Waals surface area contributed by atoms with Gasteiger partial charge in [-0.2, -0.15) is 0 Å². The van der Waals surface area contributed by atoms with Crippen molar-refractivity contribution in [3.05, 3.63) is 0 Å². The second-order valence-electron chi connectivity index (χ2n) is 11.6. The molecule has 0 aliphatic heterocycles. The van der Waals surface area contributed by atoms with E-state index in [1.54, 1.807) is 0 Å². The maximum Gasteiger partial charge on any atom is 0.0604 e. The van der Waals surface area contributed by atoms with Crippen molar-refractivity contribution < 1.29 is 9.84 Å². The molecule has 2 nitrogen and oxygen atoms in total. The van der Waals surface area contributed by atoms with Crippen LogP contribution < -0.4 is 0 Å². The summed E-state index contributed by atoms with van der Waals surface area (Å²) in [7, 11) is 0. The predicted molar refractivity (Wildman–Crippen MR) is 144 cm³/mol. The standard InChI is InChI=1S/C31H60O2/c1-2-3-4-5-6-7-8-9-10-11-12-13-14-15-16-17-18-19-27-33-31-26-25-30(32)28-21-20-22-29(31)24-23-28/h28-32H,2-27H2,1H3. The van der Waals surface area contributed by atoms with Gasteiger partial charge < -0.3 is 9.84 Å². The first-order chi connectivity index (χ1) is 16.3. The minimum atomic E-state index is -0.0692. The highest BCUT2D eigenvalue weighted by Gasteiger charge is 2.32. The monoisotopic (exact) mass is 464 g/mol. The van der Waals surface area contributed by atoms with E-state index in [0.717, 1.165) is 25.4 Å². The van der Waals surface area contributed by atoms with Crippen molar-refractivity contribution in [3.8, 4) is 0 Å². The van der Waals surface area contributed by atoms with Crippen molar-refractivity contribution in [2.24, 2.45) is 11.8 Å². The Hall–Kier alpha value is -0.0800. The molecule has 2 bridgehead atoms. The molecule has 2 saturated carbocycles. The summed E-state index contributed by atoms with van der Waals surface area (Å²) in [5, 5.41) is 10.4. The Morgan fingerprint density at radius 3 is 1.52 bits per heavy atom. The van der Waals surface area contributed by atoms with Crippen LogP contribution in [0.4, 0.5) is 0 Å². The molecule has 0 heterocycles. The molecular weight excluding hydrogens is 404 g/mol. The van der Waals surface area contributed by atoms with Gasteiger partial charge in [0.2, 0.25) is 0 Å². The number of rotatable bonds is 20. The van der Waals surface area contributed by atoms with Crippen molar-refractivity contribution in [1.82, 2.24) is 0 Å². The lowest BCUT2D eigenvalue weighted by Crippen LogP contribution is -2.30. The quantitative estimate of drug-likeness (QED) is 0.182. The van der Waals surface area contributed by atoms with Gasteiger partial charge in [-0.15, -0.1) is 0 Å². The van der Waals surface area contributed by atoms with E-state index >= 15 is 0 Å². The van der Waals surface area contributed by atoms with Crippen LogP contribution >= 0.6 is 0 Å². The Balaban J connectivity index is 1.31. The normalized spacial score (nSPS) is 25.6. The van der Waals surface area contributed by atoms with Crippen LogP contribution in [0.3, 0.4) is 0 Å². The van der Waals surface area contributed by atoms with Crippen LogP contribution in [0, 0.1) is 11.8 Å². The van der Waals surface area contributed by atoms with Gasteiger partial charge in [-0.1, -0.05) is 122 Å². The SMILES string of the molecule is CCCCCCCCCCCCCCCCCCCCOC1CCC(O)C2CCCC1CC2. The minimum absolute atomic E-state index is 0.0692. The van der Waals surface area contributed by atoms with E-state index in [4.69, 9.17) is 4.74 Å². The Kier molecular flexibility index (Phi) is 17.8. The van der Waals surface area contributed by atoms with Crippen molar-refractivity contribution >= 4 is 0 Å². The second-order valence-corrected chi connectivity index (χ2v) is 11.6. The topological polar surface area (TPSA) is 29.5 Å². The third kappa shape index (κ3) is 14.2. The predicted octanol–water partition coefficient (Wildman–Crippen LogP) is 9.76. The molecule has 0 spiro atoms. The minimum Gasteiger partial charge on any atom is -0.393 e. The fourth-order valence-electron chi connectivity index (χ4n) is 6.38. The Labute approximate surface area is 208 Å². The Morgan fingerprint density at radius 2 is 0.970 bits per heavy atom. The van der Waals surface area contributed by atoms with Gasteiger partial charge in [-0.3, -0.25) is 0 Å². The lowest BCUT2D eigenvalue weighted by atomic mass is 9.84. The first-order valence-electron chi connectivity index (χ1n) is 15.6. The average molecular weight is 465 g/mol. The largest absolute Gasteiger partial charge is 0.393 e. The summed E-state index contributed by atoms with van der Waals surface area (Å²) in [5.74, 6) is 1.34. The molecule has 0 aromatic rings. The number of hydrogen-bond acceptors (Lipinski definition) is 2. The van der Waals surface area contributed by atoms with Crippen LogP contribution in [0.25, 0.3) is 0 Å². The van der Waals surface area contributed by atoms with E-state index in [9.17, 15) is 5.11 Å². The molecule has 4 unspecified atom stereocenters. The fraction of sp³-hybridized carbons (Fsp3) is 1.00. The highest BCUT2D eigenvalue weighted by atomic mass is 16.5. The molecule has 0 saturated heterocycles. The number of aliphatic hydroxyl groups is 1. The molecule has 4 atom stereocenters. The van der Waals surface area contributed by atoms with Crippen molar-refractivity contribution in [2.75, 3.05) is 6.61 Å². The lowest BCUT2D eigenvalue weighted by Gasteiger charge is -2.31. The third-order valence-electron chi connectivity index (χ3n) is 8.70. The van der Waals surface area contributed by atoms with Crippen LogP contribution in [0.2, 0.25) is 0 Å². The average Bonchev–Trinajstić information content (AvgIpc) is 3.04. The molecule has 2 aliphatic rings. The van der Waals surface area contributed by atoms with Gasteiger partial charge in [0.05, 0.1) is 12.2 Å². The molecule has 2 fully saturated rings. The highest BCUT2D eigenvalue weighted by Crippen LogP contribution is 2.37. The summed E-state index contributed by atoms with van der Waals surface area (Å²) in [6.45, 7) is 3.24. The number of hydrogen-bond donors (Lipinski definition) is 1. The van der Waals surface area contributed by atoms with Gasteiger partial charge in [0.15, 0.2) is 0 Å². The van der Waals surface area contributed by atoms with E-state index in [1.165, 1.54) is 148 Å². The molecule has 0 aromatic carbocycles. The highest BCUT2D eigenvalue weighted by molar-refractivity contribution is 4.84. The third-order valence-corrected chi connectivity index (χ3v) is 8.70. The molecule has 0 aromatic heterocycles. The van der Waals surface area contributed by atoms with Gasteiger partial charge in [-0.05, 0) is 56.8 Å². The number of ether oxygens (including phenoxy) is 1. The molecular formula is C31H60O2. The Bertz CT molecular complexity index is 423. The van der Waals surface area contributed by atoms with Crippen LogP contribution in [0.1, 0.15) is 167 Å². The molecule has 2 aliphatic carbocycles. The van der Waals surface area contributed by atoms with Crippen molar-refractivity contribution in [3.63, 3.8) is 0 Å². The second kappa shape index (κ2) is 20.1. The molecule has 1 N–H and O–H groups in total. The van der Waals surface area contributed by atoms with Crippen LogP contribution in [-0.4, -0.2) is 23.9 Å². The van der Waals surface area contributed by atoms with Crippen LogP contribution in [0.5, 0.6) is 0 Å². The van der Waals surface area contributed by atoms with Crippen molar-refractivity contribution in [2.45, 2.75) is 180 Å². The zero-order valence-corrected chi connectivity index (χ0v) is 22.5. The fourth-order valence-corrected chi connectivity index (χ4v) is 6.38. The van der Waals surface area contributed by atoms with Gasteiger partial charge in [0.1, 0.15) is 0 Å². The Morgan fingerprint density at radius 1 is 0.515 bits per heavy atom. The zero-order valence-electron chi connectivity index (χ0n) is 22.5. The number of unbranched alkanes of at least 4 members (excludes halogenated alkanes) is 17. The summed E-state index contributed by atoms with van der Waals surface area (Å²) < 4.78 is 6.37. The summed E-state index contributed by atoms with van der Waals surface area (Å²) in [5.41, 5.74) is 0. The van der Waals surface area contributed by atoms with Gasteiger partial charge in [0, 0.05) is 6.61 Å². The zero-order chi connectivity index (χ0) is 23.4. The van der Waals surface area contributed by atoms with E-state index in [0.29, 0.717) is 12.0 Å². The maximum atomic E-state index is 10.4. The number of fused-ring (bicyclic) bond motifs is 3. The molecule has 0 radical (unpaired) electrons. The van der Waals surface area contributed by atoms with Crippen LogP contribution in [-0.2, 0) is 4.74 Å². The molecule has 0 amide bonds. The molecule has 2 heteroatoms. The lowest BCUT2D eigenvalue weighted by molar-refractivity contribution is -0.0215. The van der Waals surface area contributed by atoms with E-state index in [1.807, 2.05) is 0 Å². The molecule has 33 heavy (non-hydrogen) atoms. The summed E-state index contributed by atoms with van der Waals surface area (Å²) >= 11 is 0. The molecule has 196 valence electrons. The van der Waals surface area contributed by atoms with Gasteiger partial charge >= 0.3 is 0 Å².